The van der Waals surface area contributed by atoms with E-state index < -0.39 is 0 Å². The number of carbonyl (C=O) groups excluding carboxylic acids is 2. The largest absolute Gasteiger partial charge is 0.355 e. The van der Waals surface area contributed by atoms with Gasteiger partial charge in [0.1, 0.15) is 6.54 Å². The predicted octanol–water partition coefficient (Wildman–Crippen LogP) is 1.40. The minimum absolute atomic E-state index is 0.0461. The zero-order valence-corrected chi connectivity index (χ0v) is 13.6. The average molecular weight is 342 g/mol. The van der Waals surface area contributed by atoms with Crippen LogP contribution in [-0.4, -0.2) is 39.1 Å². The molecule has 2 heterocycles. The highest BCUT2D eigenvalue weighted by molar-refractivity contribution is 7.13. The Bertz CT molecular complexity index is 841. The second kappa shape index (κ2) is 7.01. The minimum atomic E-state index is -0.280. The van der Waals surface area contributed by atoms with Crippen molar-refractivity contribution in [2.45, 2.75) is 6.54 Å². The van der Waals surface area contributed by atoms with Crippen molar-refractivity contribution in [3.63, 3.8) is 0 Å². The van der Waals surface area contributed by atoms with E-state index in [9.17, 15) is 9.59 Å². The van der Waals surface area contributed by atoms with Crippen LogP contribution in [-0.2, 0) is 11.3 Å². The van der Waals surface area contributed by atoms with Crippen molar-refractivity contribution < 1.29 is 9.59 Å². The maximum atomic E-state index is 12.0. The fraction of sp³-hybridized carbons (Fsp3) is 0.133. The second-order valence-corrected chi connectivity index (χ2v) is 5.77. The van der Waals surface area contributed by atoms with Crippen LogP contribution in [0.25, 0.3) is 10.7 Å². The molecule has 0 aliphatic rings. The Morgan fingerprint density at radius 3 is 2.67 bits per heavy atom. The lowest BCUT2D eigenvalue weighted by molar-refractivity contribution is -0.117. The number of thiophene rings is 1. The summed E-state index contributed by atoms with van der Waals surface area (Å²) in [5, 5.41) is 19.2. The minimum Gasteiger partial charge on any atom is -0.355 e. The molecule has 2 N–H and O–H groups in total. The highest BCUT2D eigenvalue weighted by Crippen LogP contribution is 2.19. The average Bonchev–Trinajstić information content (AvgIpc) is 3.26. The highest BCUT2D eigenvalue weighted by Gasteiger charge is 2.10. The zero-order valence-electron chi connectivity index (χ0n) is 12.8. The van der Waals surface area contributed by atoms with E-state index in [0.717, 1.165) is 4.88 Å². The fourth-order valence-electron chi connectivity index (χ4n) is 1.99. The van der Waals surface area contributed by atoms with Crippen molar-refractivity contribution in [3.8, 4) is 10.7 Å². The summed E-state index contributed by atoms with van der Waals surface area (Å²) < 4.78 is 0. The Balaban J connectivity index is 1.60. The van der Waals surface area contributed by atoms with Crippen molar-refractivity contribution in [3.05, 3.63) is 47.3 Å². The summed E-state index contributed by atoms with van der Waals surface area (Å²) in [6, 6.07) is 10.4. The number of nitrogens with zero attached hydrogens (tertiary/aromatic N) is 4. The van der Waals surface area contributed by atoms with Crippen molar-refractivity contribution in [1.29, 1.82) is 0 Å². The fourth-order valence-corrected chi connectivity index (χ4v) is 2.64. The number of nitrogens with one attached hydrogen (secondary N) is 2. The Labute approximate surface area is 141 Å². The molecule has 24 heavy (non-hydrogen) atoms. The number of hydrogen-bond donors (Lipinski definition) is 2. The van der Waals surface area contributed by atoms with Gasteiger partial charge in [-0.2, -0.15) is 4.80 Å². The SMILES string of the molecule is CNC(=O)c1ccc(NC(=O)Cn2nnc(-c3cccs3)n2)cc1. The molecule has 3 rings (SSSR count). The van der Waals surface area contributed by atoms with Crippen LogP contribution in [0.5, 0.6) is 0 Å². The third-order valence-corrected chi connectivity index (χ3v) is 4.00. The van der Waals surface area contributed by atoms with E-state index in [-0.39, 0.29) is 18.4 Å². The van der Waals surface area contributed by atoms with Crippen molar-refractivity contribution in [2.75, 3.05) is 12.4 Å². The van der Waals surface area contributed by atoms with E-state index >= 15 is 0 Å². The Hall–Kier alpha value is -3.07. The zero-order chi connectivity index (χ0) is 16.9. The normalized spacial score (nSPS) is 10.4. The number of carbonyl (C=O) groups is 2. The molecule has 0 saturated heterocycles. The van der Waals surface area contributed by atoms with Crippen molar-refractivity contribution in [1.82, 2.24) is 25.5 Å². The van der Waals surface area contributed by atoms with Gasteiger partial charge in [-0.1, -0.05) is 6.07 Å². The van der Waals surface area contributed by atoms with E-state index in [0.29, 0.717) is 17.1 Å². The molecule has 2 amide bonds. The van der Waals surface area contributed by atoms with Gasteiger partial charge in [0.25, 0.3) is 5.91 Å². The van der Waals surface area contributed by atoms with E-state index in [1.807, 2.05) is 17.5 Å². The second-order valence-electron chi connectivity index (χ2n) is 4.83. The molecule has 0 unspecified atom stereocenters. The third-order valence-electron chi connectivity index (χ3n) is 3.14. The molecule has 0 atom stereocenters. The summed E-state index contributed by atoms with van der Waals surface area (Å²) in [6.45, 7) is -0.0461. The maximum Gasteiger partial charge on any atom is 0.251 e. The van der Waals surface area contributed by atoms with Crippen LogP contribution < -0.4 is 10.6 Å². The summed E-state index contributed by atoms with van der Waals surface area (Å²) in [6.07, 6.45) is 0. The first-order valence-electron chi connectivity index (χ1n) is 7.09. The highest BCUT2D eigenvalue weighted by atomic mass is 32.1. The number of hydrogen-bond acceptors (Lipinski definition) is 6. The van der Waals surface area contributed by atoms with Crippen LogP contribution in [0.3, 0.4) is 0 Å². The number of rotatable bonds is 5. The Morgan fingerprint density at radius 2 is 2.00 bits per heavy atom. The number of aromatic nitrogens is 4. The van der Waals surface area contributed by atoms with Gasteiger partial charge >= 0.3 is 0 Å². The molecule has 0 radical (unpaired) electrons. The van der Waals surface area contributed by atoms with Gasteiger partial charge in [0, 0.05) is 18.3 Å². The molecule has 122 valence electrons. The molecule has 0 bridgehead atoms. The van der Waals surface area contributed by atoms with Gasteiger partial charge in [-0.25, -0.2) is 0 Å². The van der Waals surface area contributed by atoms with Crippen LogP contribution in [0, 0.1) is 0 Å². The first-order valence-corrected chi connectivity index (χ1v) is 7.97. The van der Waals surface area contributed by atoms with Crippen LogP contribution in [0.15, 0.2) is 41.8 Å². The van der Waals surface area contributed by atoms with Crippen LogP contribution >= 0.6 is 11.3 Å². The van der Waals surface area contributed by atoms with Gasteiger partial charge in [0.2, 0.25) is 11.7 Å². The van der Waals surface area contributed by atoms with E-state index in [4.69, 9.17) is 0 Å². The van der Waals surface area contributed by atoms with Gasteiger partial charge in [-0.3, -0.25) is 9.59 Å². The summed E-state index contributed by atoms with van der Waals surface area (Å²) in [4.78, 5) is 25.6. The molecule has 0 fully saturated rings. The molecular formula is C15H14N6O2S. The molecule has 0 aliphatic heterocycles. The summed E-state index contributed by atoms with van der Waals surface area (Å²) >= 11 is 1.50. The predicted molar refractivity (Wildman–Crippen MR) is 89.6 cm³/mol. The molecular weight excluding hydrogens is 328 g/mol. The Kier molecular flexibility index (Phi) is 4.62. The monoisotopic (exact) mass is 342 g/mol. The maximum absolute atomic E-state index is 12.0. The van der Waals surface area contributed by atoms with Crippen molar-refractivity contribution >= 4 is 28.8 Å². The summed E-state index contributed by atoms with van der Waals surface area (Å²) in [5.74, 6) is 0.0337. The summed E-state index contributed by atoms with van der Waals surface area (Å²) in [5.41, 5.74) is 1.11. The number of anilines is 1. The van der Waals surface area contributed by atoms with Gasteiger partial charge in [0.05, 0.1) is 4.88 Å². The summed E-state index contributed by atoms with van der Waals surface area (Å²) in [7, 11) is 1.56. The van der Waals surface area contributed by atoms with E-state index in [1.165, 1.54) is 16.1 Å². The molecule has 0 aliphatic carbocycles. The Morgan fingerprint density at radius 1 is 1.21 bits per heavy atom. The topological polar surface area (TPSA) is 102 Å². The third kappa shape index (κ3) is 3.63. The lowest BCUT2D eigenvalue weighted by Crippen LogP contribution is -2.21. The van der Waals surface area contributed by atoms with Gasteiger partial charge in [-0.05, 0) is 40.9 Å². The lowest BCUT2D eigenvalue weighted by atomic mass is 10.2. The molecule has 3 aromatic rings. The molecule has 9 heteroatoms. The quantitative estimate of drug-likeness (QED) is 0.730. The van der Waals surface area contributed by atoms with Crippen molar-refractivity contribution in [2.24, 2.45) is 0 Å². The number of amides is 2. The molecule has 0 saturated carbocycles. The molecule has 8 nitrogen and oxygen atoms in total. The van der Waals surface area contributed by atoms with Crippen LogP contribution in [0.2, 0.25) is 0 Å². The smallest absolute Gasteiger partial charge is 0.251 e. The number of tetrazole rings is 1. The lowest BCUT2D eigenvalue weighted by Gasteiger charge is -2.05. The molecule has 1 aromatic carbocycles. The first-order chi connectivity index (χ1) is 11.7. The van der Waals surface area contributed by atoms with Crippen LogP contribution in [0.1, 0.15) is 10.4 Å². The number of benzene rings is 1. The standard InChI is InChI=1S/C15H14N6O2S/c1-16-15(23)10-4-6-11(7-5-10)17-13(22)9-21-19-14(18-20-21)12-3-2-8-24-12/h2-8H,9H2,1H3,(H,16,23)(H,17,22). The van der Waals surface area contributed by atoms with E-state index in [2.05, 4.69) is 26.0 Å². The molecule has 2 aromatic heterocycles. The van der Waals surface area contributed by atoms with Crippen LogP contribution in [0.4, 0.5) is 5.69 Å². The molecule has 0 spiro atoms. The first kappa shape index (κ1) is 15.8. The van der Waals surface area contributed by atoms with Gasteiger partial charge < -0.3 is 10.6 Å². The van der Waals surface area contributed by atoms with Gasteiger partial charge in [-0.15, -0.1) is 21.5 Å². The van der Waals surface area contributed by atoms with E-state index in [1.54, 1.807) is 31.3 Å². The van der Waals surface area contributed by atoms with Gasteiger partial charge in [0.15, 0.2) is 0 Å².